The number of ether oxygens (including phenoxy) is 1. The average molecular weight is 358 g/mol. The van der Waals surface area contributed by atoms with Crippen LogP contribution < -0.4 is 0 Å². The smallest absolute Gasteiger partial charge is 0.310 e. The molecule has 2 aromatic carbocycles. The van der Waals surface area contributed by atoms with Crippen LogP contribution in [0.1, 0.15) is 10.4 Å². The summed E-state index contributed by atoms with van der Waals surface area (Å²) in [7, 11) is 1.39. The number of hydrogen-bond acceptors (Lipinski definition) is 5. The lowest BCUT2D eigenvalue weighted by atomic mass is 9.96. The number of nitrogens with zero attached hydrogens (tertiary/aromatic N) is 2. The number of rotatable bonds is 3. The number of hydrogen-bond donors (Lipinski definition) is 0. The molecule has 0 fully saturated rings. The van der Waals surface area contributed by atoms with E-state index in [1.54, 1.807) is 11.3 Å². The van der Waals surface area contributed by atoms with E-state index in [0.717, 1.165) is 36.9 Å². The Kier molecular flexibility index (Phi) is 4.11. The summed E-state index contributed by atoms with van der Waals surface area (Å²) in [6.45, 7) is 0. The Balaban J connectivity index is 1.94. The van der Waals surface area contributed by atoms with Crippen LogP contribution in [0.3, 0.4) is 0 Å². The zero-order valence-electron chi connectivity index (χ0n) is 14.0. The van der Waals surface area contributed by atoms with Gasteiger partial charge in [-0.1, -0.05) is 30.3 Å². The minimum Gasteiger partial charge on any atom is -0.469 e. The lowest BCUT2D eigenvalue weighted by Crippen LogP contribution is -2.02. The summed E-state index contributed by atoms with van der Waals surface area (Å²) in [5.74, 6) is -0.255. The number of aromatic nitrogens is 1. The molecule has 0 atom stereocenters. The molecule has 0 aliphatic carbocycles. The molecule has 4 rings (SSSR count). The fourth-order valence-electron chi connectivity index (χ4n) is 3.14. The molecular weight excluding hydrogens is 344 g/mol. The number of fused-ring (bicyclic) bond motifs is 2. The number of carbonyl (C=O) groups excluding carboxylic acids is 1. The molecule has 0 bridgehead atoms. The fourth-order valence-corrected chi connectivity index (χ4v) is 4.28. The second-order valence-electron chi connectivity index (χ2n) is 5.89. The molecule has 4 aromatic rings. The molecule has 0 radical (unpaired) electrons. The second-order valence-corrected chi connectivity index (χ2v) is 7.03. The Bertz CT molecular complexity index is 1190. The van der Waals surface area contributed by atoms with Crippen molar-refractivity contribution in [1.29, 1.82) is 5.26 Å². The number of pyridine rings is 1. The van der Waals surface area contributed by atoms with Gasteiger partial charge in [-0.25, -0.2) is 0 Å². The molecule has 0 spiro atoms. The van der Waals surface area contributed by atoms with Crippen molar-refractivity contribution in [2.75, 3.05) is 7.11 Å². The van der Waals surface area contributed by atoms with Gasteiger partial charge < -0.3 is 4.74 Å². The summed E-state index contributed by atoms with van der Waals surface area (Å²) in [6, 6.07) is 15.9. The number of thiophene rings is 1. The van der Waals surface area contributed by atoms with Gasteiger partial charge >= 0.3 is 5.97 Å². The van der Waals surface area contributed by atoms with Crippen molar-refractivity contribution < 1.29 is 9.53 Å². The maximum absolute atomic E-state index is 11.6. The molecule has 0 N–H and O–H groups in total. The van der Waals surface area contributed by atoms with Gasteiger partial charge in [0.05, 0.1) is 25.2 Å². The molecule has 0 aliphatic rings. The lowest BCUT2D eigenvalue weighted by Gasteiger charge is -2.09. The number of nitriles is 1. The van der Waals surface area contributed by atoms with Gasteiger partial charge in [0.2, 0.25) is 0 Å². The SMILES string of the molecule is COC(=O)Cc1cc2cncc(-c3ccc(C#N)c4ccccc34)c2s1. The summed E-state index contributed by atoms with van der Waals surface area (Å²) in [4.78, 5) is 16.9. The second kappa shape index (κ2) is 6.58. The summed E-state index contributed by atoms with van der Waals surface area (Å²) in [5.41, 5.74) is 2.69. The van der Waals surface area contributed by atoms with E-state index in [1.165, 1.54) is 7.11 Å². The number of benzene rings is 2. The predicted octanol–water partition coefficient (Wildman–Crippen LogP) is 4.70. The van der Waals surface area contributed by atoms with Crippen LogP contribution in [-0.4, -0.2) is 18.1 Å². The fraction of sp³-hybridized carbons (Fsp3) is 0.0952. The Morgan fingerprint density at radius 2 is 1.96 bits per heavy atom. The van der Waals surface area contributed by atoms with E-state index in [2.05, 4.69) is 11.1 Å². The van der Waals surface area contributed by atoms with Crippen LogP contribution in [0, 0.1) is 11.3 Å². The number of methoxy groups -OCH3 is 1. The van der Waals surface area contributed by atoms with Crippen molar-refractivity contribution in [2.24, 2.45) is 0 Å². The normalized spacial score (nSPS) is 10.8. The van der Waals surface area contributed by atoms with Crippen molar-refractivity contribution >= 4 is 38.2 Å². The molecule has 4 nitrogen and oxygen atoms in total. The lowest BCUT2D eigenvalue weighted by molar-refractivity contribution is -0.139. The van der Waals surface area contributed by atoms with E-state index in [0.29, 0.717) is 5.56 Å². The van der Waals surface area contributed by atoms with Crippen molar-refractivity contribution in [3.8, 4) is 17.2 Å². The van der Waals surface area contributed by atoms with Crippen LogP contribution in [0.25, 0.3) is 32.0 Å². The zero-order valence-corrected chi connectivity index (χ0v) is 14.8. The van der Waals surface area contributed by atoms with Crippen LogP contribution >= 0.6 is 11.3 Å². The molecule has 2 aromatic heterocycles. The first-order chi connectivity index (χ1) is 12.7. The Labute approximate surface area is 154 Å². The highest BCUT2D eigenvalue weighted by atomic mass is 32.1. The van der Waals surface area contributed by atoms with Crippen molar-refractivity contribution in [3.05, 3.63) is 65.3 Å². The quantitative estimate of drug-likeness (QED) is 0.498. The van der Waals surface area contributed by atoms with E-state index >= 15 is 0 Å². The van der Waals surface area contributed by atoms with Gasteiger partial charge in [-0.15, -0.1) is 11.3 Å². The highest BCUT2D eigenvalue weighted by Crippen LogP contribution is 2.38. The monoisotopic (exact) mass is 358 g/mol. The summed E-state index contributed by atoms with van der Waals surface area (Å²) < 4.78 is 5.85. The molecule has 26 heavy (non-hydrogen) atoms. The van der Waals surface area contributed by atoms with E-state index in [9.17, 15) is 10.1 Å². The van der Waals surface area contributed by atoms with Crippen LogP contribution in [0.4, 0.5) is 0 Å². The van der Waals surface area contributed by atoms with Gasteiger partial charge in [0.1, 0.15) is 0 Å². The van der Waals surface area contributed by atoms with Crippen molar-refractivity contribution in [1.82, 2.24) is 4.98 Å². The van der Waals surface area contributed by atoms with Crippen LogP contribution in [-0.2, 0) is 16.0 Å². The van der Waals surface area contributed by atoms with Crippen molar-refractivity contribution in [3.63, 3.8) is 0 Å². The molecule has 2 heterocycles. The Morgan fingerprint density at radius 1 is 1.15 bits per heavy atom. The van der Waals surface area contributed by atoms with Gasteiger partial charge in [-0.2, -0.15) is 5.26 Å². The molecule has 5 heteroatoms. The minimum absolute atomic E-state index is 0.253. The molecule has 0 saturated carbocycles. The number of esters is 1. The molecule has 0 amide bonds. The predicted molar refractivity (Wildman–Crippen MR) is 103 cm³/mol. The van der Waals surface area contributed by atoms with Gasteiger partial charge in [0.25, 0.3) is 0 Å². The average Bonchev–Trinajstić information content (AvgIpc) is 3.09. The maximum atomic E-state index is 11.6. The van der Waals surface area contributed by atoms with E-state index in [-0.39, 0.29) is 12.4 Å². The van der Waals surface area contributed by atoms with Gasteiger partial charge in [-0.05, 0) is 23.1 Å². The minimum atomic E-state index is -0.255. The topological polar surface area (TPSA) is 63.0 Å². The first-order valence-electron chi connectivity index (χ1n) is 8.06. The summed E-state index contributed by atoms with van der Waals surface area (Å²) in [6.07, 6.45) is 3.90. The maximum Gasteiger partial charge on any atom is 0.310 e. The number of carbonyl (C=O) groups is 1. The van der Waals surface area contributed by atoms with Gasteiger partial charge in [0, 0.05) is 38.3 Å². The first-order valence-corrected chi connectivity index (χ1v) is 8.88. The summed E-state index contributed by atoms with van der Waals surface area (Å²) >= 11 is 1.58. The zero-order chi connectivity index (χ0) is 18.1. The molecule has 0 saturated heterocycles. The summed E-state index contributed by atoms with van der Waals surface area (Å²) in [5, 5.41) is 12.3. The largest absolute Gasteiger partial charge is 0.469 e. The molecule has 0 aliphatic heterocycles. The first kappa shape index (κ1) is 16.2. The third-order valence-electron chi connectivity index (χ3n) is 4.35. The third-order valence-corrected chi connectivity index (χ3v) is 5.54. The molecule has 0 unspecified atom stereocenters. The third kappa shape index (κ3) is 2.71. The standard InChI is InChI=1S/C21H14N2O2S/c1-25-20(24)9-15-8-14-11-23-12-19(21(14)26-15)18-7-6-13(10-22)16-4-2-3-5-17(16)18/h2-8,11-12H,9H2,1H3. The van der Waals surface area contributed by atoms with Gasteiger partial charge in [0.15, 0.2) is 0 Å². The molecule has 126 valence electrons. The van der Waals surface area contributed by atoms with Crippen LogP contribution in [0.15, 0.2) is 54.9 Å². The van der Waals surface area contributed by atoms with E-state index in [1.807, 2.05) is 54.9 Å². The van der Waals surface area contributed by atoms with Crippen LogP contribution in [0.2, 0.25) is 0 Å². The van der Waals surface area contributed by atoms with Gasteiger partial charge in [-0.3, -0.25) is 9.78 Å². The highest BCUT2D eigenvalue weighted by Gasteiger charge is 2.14. The van der Waals surface area contributed by atoms with E-state index < -0.39 is 0 Å². The molecular formula is C21H14N2O2S. The Morgan fingerprint density at radius 3 is 2.73 bits per heavy atom. The van der Waals surface area contributed by atoms with E-state index in [4.69, 9.17) is 4.74 Å². The van der Waals surface area contributed by atoms with Crippen LogP contribution in [0.5, 0.6) is 0 Å². The van der Waals surface area contributed by atoms with Crippen molar-refractivity contribution in [2.45, 2.75) is 6.42 Å². The Hall–Kier alpha value is -3.23. The highest BCUT2D eigenvalue weighted by molar-refractivity contribution is 7.19.